The highest BCUT2D eigenvalue weighted by Crippen LogP contribution is 2.33. The van der Waals surface area contributed by atoms with Gasteiger partial charge in [0, 0.05) is 17.0 Å². The van der Waals surface area contributed by atoms with Gasteiger partial charge in [0.2, 0.25) is 5.91 Å². The Balaban J connectivity index is 1.54. The van der Waals surface area contributed by atoms with E-state index in [9.17, 15) is 13.2 Å². The number of amides is 1. The number of carbonyl (C=O) groups excluding carboxylic acids is 1. The Morgan fingerprint density at radius 1 is 1.10 bits per heavy atom. The van der Waals surface area contributed by atoms with Gasteiger partial charge in [0.15, 0.2) is 9.84 Å². The molecule has 2 heterocycles. The molecule has 8 heteroatoms. The minimum Gasteiger partial charge on any atom is -0.310 e. The number of rotatable bonds is 6. The van der Waals surface area contributed by atoms with Crippen LogP contribution in [0, 0.1) is 0 Å². The Labute approximate surface area is 174 Å². The summed E-state index contributed by atoms with van der Waals surface area (Å²) in [7, 11) is -3.23. The zero-order valence-electron chi connectivity index (χ0n) is 15.6. The Bertz CT molecular complexity index is 1160. The summed E-state index contributed by atoms with van der Waals surface area (Å²) in [5, 5.41) is 7.86. The van der Waals surface area contributed by atoms with Crippen LogP contribution in [0.3, 0.4) is 0 Å². The largest absolute Gasteiger partial charge is 0.310 e. The average Bonchev–Trinajstić information content (AvgIpc) is 3.15. The SMILES string of the molecule is O=C(CCCc1ccccc1)Nc1c2c(nn1-c1cccc(Cl)c1)CS(=O)(=O)C2. The Hall–Kier alpha value is -2.64. The number of nitrogens with zero attached hydrogens (tertiary/aromatic N) is 2. The van der Waals surface area contributed by atoms with E-state index < -0.39 is 9.84 Å². The lowest BCUT2D eigenvalue weighted by atomic mass is 10.1. The van der Waals surface area contributed by atoms with Crippen LogP contribution in [0.25, 0.3) is 5.69 Å². The maximum absolute atomic E-state index is 12.6. The lowest BCUT2D eigenvalue weighted by Crippen LogP contribution is -2.16. The Kier molecular flexibility index (Phi) is 5.43. The molecule has 4 rings (SSSR count). The number of anilines is 1. The second-order valence-corrected chi connectivity index (χ2v) is 9.59. The second-order valence-electron chi connectivity index (χ2n) is 7.09. The third kappa shape index (κ3) is 4.52. The first-order chi connectivity index (χ1) is 13.9. The molecule has 3 aromatic rings. The molecule has 1 N–H and O–H groups in total. The highest BCUT2D eigenvalue weighted by molar-refractivity contribution is 7.90. The van der Waals surface area contributed by atoms with Crippen LogP contribution in [0.5, 0.6) is 0 Å². The summed E-state index contributed by atoms with van der Waals surface area (Å²) in [5.74, 6) is -0.000714. The molecule has 150 valence electrons. The number of aromatic nitrogens is 2. The molecule has 0 saturated carbocycles. The van der Waals surface area contributed by atoms with Crippen LogP contribution in [0.15, 0.2) is 54.6 Å². The van der Waals surface area contributed by atoms with Crippen LogP contribution < -0.4 is 5.32 Å². The van der Waals surface area contributed by atoms with Crippen LogP contribution in [0.2, 0.25) is 5.02 Å². The van der Waals surface area contributed by atoms with E-state index in [-0.39, 0.29) is 17.4 Å². The van der Waals surface area contributed by atoms with E-state index in [2.05, 4.69) is 10.4 Å². The molecule has 0 saturated heterocycles. The summed E-state index contributed by atoms with van der Waals surface area (Å²) in [6.45, 7) is 0. The standard InChI is InChI=1S/C21H20ClN3O3S/c22-16-9-5-10-17(12-16)25-21(18-13-29(27,28)14-19(18)24-25)23-20(26)11-4-8-15-6-2-1-3-7-15/h1-3,5-7,9-10,12H,4,8,11,13-14H2,(H,23,26). The van der Waals surface area contributed by atoms with Gasteiger partial charge in [0.05, 0.1) is 22.9 Å². The Morgan fingerprint density at radius 3 is 2.66 bits per heavy atom. The number of benzene rings is 2. The van der Waals surface area contributed by atoms with Crippen LogP contribution in [-0.4, -0.2) is 24.1 Å². The highest BCUT2D eigenvalue weighted by Gasteiger charge is 2.33. The van der Waals surface area contributed by atoms with Crippen LogP contribution >= 0.6 is 11.6 Å². The number of hydrogen-bond donors (Lipinski definition) is 1. The van der Waals surface area contributed by atoms with E-state index in [0.29, 0.717) is 40.6 Å². The van der Waals surface area contributed by atoms with Crippen molar-refractivity contribution < 1.29 is 13.2 Å². The van der Waals surface area contributed by atoms with Gasteiger partial charge in [-0.25, -0.2) is 13.1 Å². The summed E-state index contributed by atoms with van der Waals surface area (Å²) in [5.41, 5.74) is 2.88. The molecule has 0 unspecified atom stereocenters. The summed E-state index contributed by atoms with van der Waals surface area (Å²) >= 11 is 6.09. The van der Waals surface area contributed by atoms with E-state index >= 15 is 0 Å². The number of aryl methyl sites for hydroxylation is 1. The molecule has 1 amide bonds. The van der Waals surface area contributed by atoms with Crippen molar-refractivity contribution in [1.82, 2.24) is 9.78 Å². The molecule has 1 aliphatic heterocycles. The number of fused-ring (bicyclic) bond motifs is 1. The van der Waals surface area contributed by atoms with Gasteiger partial charge in [-0.15, -0.1) is 0 Å². The van der Waals surface area contributed by atoms with Crippen LogP contribution in [0.1, 0.15) is 29.7 Å². The molecule has 0 atom stereocenters. The highest BCUT2D eigenvalue weighted by atomic mass is 35.5. The third-order valence-electron chi connectivity index (χ3n) is 4.81. The smallest absolute Gasteiger partial charge is 0.225 e. The van der Waals surface area contributed by atoms with E-state index in [1.54, 1.807) is 22.9 Å². The first kappa shape index (κ1) is 19.7. The maximum Gasteiger partial charge on any atom is 0.225 e. The van der Waals surface area contributed by atoms with Crippen molar-refractivity contribution in [3.8, 4) is 5.69 Å². The molecule has 29 heavy (non-hydrogen) atoms. The van der Waals surface area contributed by atoms with Gasteiger partial charge in [-0.05, 0) is 36.6 Å². The van der Waals surface area contributed by atoms with Crippen LogP contribution in [-0.2, 0) is 32.6 Å². The summed E-state index contributed by atoms with van der Waals surface area (Å²) in [6, 6.07) is 17.0. The number of nitrogens with one attached hydrogen (secondary N) is 1. The number of halogens is 1. The van der Waals surface area contributed by atoms with E-state index in [1.807, 2.05) is 36.4 Å². The lowest BCUT2D eigenvalue weighted by molar-refractivity contribution is -0.116. The fraction of sp³-hybridized carbons (Fsp3) is 0.238. The fourth-order valence-corrected chi connectivity index (χ4v) is 5.14. The van der Waals surface area contributed by atoms with E-state index in [4.69, 9.17) is 11.6 Å². The molecular formula is C21H20ClN3O3S. The molecule has 0 bridgehead atoms. The number of sulfone groups is 1. The quantitative estimate of drug-likeness (QED) is 0.644. The molecule has 0 radical (unpaired) electrons. The molecule has 6 nitrogen and oxygen atoms in total. The van der Waals surface area contributed by atoms with Gasteiger partial charge in [0.25, 0.3) is 0 Å². The van der Waals surface area contributed by atoms with Gasteiger partial charge in [0.1, 0.15) is 5.82 Å². The van der Waals surface area contributed by atoms with Crippen molar-refractivity contribution in [2.45, 2.75) is 30.8 Å². The normalized spacial score (nSPS) is 14.5. The minimum absolute atomic E-state index is 0.118. The predicted octanol–water partition coefficient (Wildman–Crippen LogP) is 3.92. The molecular weight excluding hydrogens is 410 g/mol. The van der Waals surface area contributed by atoms with Crippen molar-refractivity contribution in [3.05, 3.63) is 76.4 Å². The number of carbonyl (C=O) groups is 1. The van der Waals surface area contributed by atoms with Crippen molar-refractivity contribution >= 4 is 33.2 Å². The summed E-state index contributed by atoms with van der Waals surface area (Å²) in [4.78, 5) is 12.6. The zero-order valence-corrected chi connectivity index (χ0v) is 17.2. The van der Waals surface area contributed by atoms with Gasteiger partial charge in [-0.1, -0.05) is 48.0 Å². The summed E-state index contributed by atoms with van der Waals surface area (Å²) in [6.07, 6.45) is 1.83. The topological polar surface area (TPSA) is 81.1 Å². The fourth-order valence-electron chi connectivity index (χ4n) is 3.46. The van der Waals surface area contributed by atoms with Gasteiger partial charge < -0.3 is 5.32 Å². The maximum atomic E-state index is 12.6. The predicted molar refractivity (Wildman–Crippen MR) is 113 cm³/mol. The number of hydrogen-bond acceptors (Lipinski definition) is 4. The first-order valence-corrected chi connectivity index (χ1v) is 11.5. The molecule has 0 spiro atoms. The monoisotopic (exact) mass is 429 g/mol. The van der Waals surface area contributed by atoms with Crippen molar-refractivity contribution in [3.63, 3.8) is 0 Å². The van der Waals surface area contributed by atoms with E-state index in [0.717, 1.165) is 6.42 Å². The lowest BCUT2D eigenvalue weighted by Gasteiger charge is -2.11. The van der Waals surface area contributed by atoms with Gasteiger partial charge in [-0.3, -0.25) is 4.79 Å². The van der Waals surface area contributed by atoms with E-state index in [1.165, 1.54) is 5.56 Å². The Morgan fingerprint density at radius 2 is 1.90 bits per heavy atom. The first-order valence-electron chi connectivity index (χ1n) is 9.32. The zero-order chi connectivity index (χ0) is 20.4. The third-order valence-corrected chi connectivity index (χ3v) is 6.49. The van der Waals surface area contributed by atoms with Crippen LogP contribution in [0.4, 0.5) is 5.82 Å². The molecule has 0 fully saturated rings. The molecule has 1 aliphatic rings. The van der Waals surface area contributed by atoms with Crippen molar-refractivity contribution in [2.75, 3.05) is 5.32 Å². The molecule has 1 aromatic heterocycles. The van der Waals surface area contributed by atoms with Gasteiger partial charge in [-0.2, -0.15) is 5.10 Å². The second kappa shape index (κ2) is 8.00. The minimum atomic E-state index is -3.23. The van der Waals surface area contributed by atoms with Crippen molar-refractivity contribution in [2.24, 2.45) is 0 Å². The molecule has 2 aromatic carbocycles. The summed E-state index contributed by atoms with van der Waals surface area (Å²) < 4.78 is 25.6. The van der Waals surface area contributed by atoms with Crippen molar-refractivity contribution in [1.29, 1.82) is 0 Å². The van der Waals surface area contributed by atoms with Gasteiger partial charge >= 0.3 is 0 Å². The molecule has 0 aliphatic carbocycles. The average molecular weight is 430 g/mol.